The summed E-state index contributed by atoms with van der Waals surface area (Å²) in [5.74, 6) is 0. The Morgan fingerprint density at radius 1 is 2.00 bits per heavy atom. The van der Waals surface area contributed by atoms with Gasteiger partial charge in [0, 0.05) is 11.9 Å². The molecule has 1 rings (SSSR count). The highest BCUT2D eigenvalue weighted by Crippen LogP contribution is 1.87. The average Bonchev–Trinajstić information content (AvgIpc) is 1.86. The fourth-order valence-electron chi connectivity index (χ4n) is 0.399. The Morgan fingerprint density at radius 3 is 3.00 bits per heavy atom. The van der Waals surface area contributed by atoms with E-state index in [2.05, 4.69) is 10.6 Å². The first-order chi connectivity index (χ1) is 2.89. The maximum absolute atomic E-state index is 3.89. The van der Waals surface area contributed by atoms with Gasteiger partial charge in [0.2, 0.25) is 0 Å². The van der Waals surface area contributed by atoms with Crippen molar-refractivity contribution in [3.63, 3.8) is 0 Å². The van der Waals surface area contributed by atoms with E-state index in [-0.39, 0.29) is 0 Å². The molecule has 0 amide bonds. The van der Waals surface area contributed by atoms with Crippen LogP contribution >= 0.6 is 0 Å². The lowest BCUT2D eigenvalue weighted by atomic mass is 10.6. The fourth-order valence-corrected chi connectivity index (χ4v) is 0.399. The highest BCUT2D eigenvalue weighted by molar-refractivity contribution is 4.97. The molecule has 2 heteroatoms. The molecule has 0 saturated heterocycles. The summed E-state index contributed by atoms with van der Waals surface area (Å²) in [5, 5.41) is 6.91. The van der Waals surface area contributed by atoms with Crippen molar-refractivity contribution < 1.29 is 0 Å². The summed E-state index contributed by atoms with van der Waals surface area (Å²) >= 11 is 0. The monoisotopic (exact) mass is 83.1 g/mol. The molecule has 1 N–H and O–H groups in total. The zero-order valence-corrected chi connectivity index (χ0v) is 3.73. The molecule has 0 unspecified atom stereocenters. The van der Waals surface area contributed by atoms with Crippen LogP contribution in [-0.2, 0) is 0 Å². The van der Waals surface area contributed by atoms with Crippen LogP contribution in [0.3, 0.4) is 0 Å². The molecule has 1 heterocycles. The third kappa shape index (κ3) is 0.455. The quantitative estimate of drug-likeness (QED) is 0.438. The summed E-state index contributed by atoms with van der Waals surface area (Å²) in [6, 6.07) is 0. The van der Waals surface area contributed by atoms with Gasteiger partial charge in [-0.05, 0) is 6.92 Å². The van der Waals surface area contributed by atoms with Crippen LogP contribution < -0.4 is 10.6 Å². The molecule has 6 heavy (non-hydrogen) atoms. The largest absolute Gasteiger partial charge is 0.369 e. The number of hydrogen-bond acceptors (Lipinski definition) is 1. The minimum atomic E-state index is 0.770. The van der Waals surface area contributed by atoms with E-state index in [0.29, 0.717) is 0 Å². The van der Waals surface area contributed by atoms with Crippen molar-refractivity contribution in [3.05, 3.63) is 11.9 Å². The van der Waals surface area contributed by atoms with E-state index in [0.717, 1.165) is 12.4 Å². The lowest BCUT2D eigenvalue weighted by Gasteiger charge is -1.86. The average molecular weight is 83.1 g/mol. The third-order valence-corrected chi connectivity index (χ3v) is 0.734. The highest BCUT2D eigenvalue weighted by atomic mass is 15.1. The predicted molar refractivity (Wildman–Crippen MR) is 23.9 cm³/mol. The normalized spacial score (nSPS) is 18.5. The van der Waals surface area contributed by atoms with Crippen molar-refractivity contribution in [2.24, 2.45) is 0 Å². The maximum atomic E-state index is 3.89. The molecule has 1 aliphatic rings. The molecule has 0 atom stereocenters. The summed E-state index contributed by atoms with van der Waals surface area (Å²) in [4.78, 5) is 0. The molecule has 2 nitrogen and oxygen atoms in total. The Labute approximate surface area is 37.2 Å². The minimum Gasteiger partial charge on any atom is -0.369 e. The Balaban J connectivity index is 2.45. The van der Waals surface area contributed by atoms with Gasteiger partial charge in [-0.2, -0.15) is 0 Å². The van der Waals surface area contributed by atoms with Gasteiger partial charge in [0.25, 0.3) is 0 Å². The van der Waals surface area contributed by atoms with E-state index in [1.165, 1.54) is 0 Å². The van der Waals surface area contributed by atoms with Crippen LogP contribution in [0.5, 0.6) is 0 Å². The van der Waals surface area contributed by atoms with Gasteiger partial charge in [-0.25, -0.2) is 0 Å². The fraction of sp³-hybridized carbons (Fsp3) is 0.500. The van der Waals surface area contributed by atoms with Crippen LogP contribution in [0.1, 0.15) is 6.92 Å². The first-order valence-corrected chi connectivity index (χ1v) is 1.97. The van der Waals surface area contributed by atoms with Crippen molar-refractivity contribution in [2.75, 3.05) is 6.67 Å². The second-order valence-corrected chi connectivity index (χ2v) is 1.33. The lowest BCUT2D eigenvalue weighted by molar-refractivity contribution is 0.802. The second-order valence-electron chi connectivity index (χ2n) is 1.33. The minimum absolute atomic E-state index is 0.770. The van der Waals surface area contributed by atoms with E-state index < -0.39 is 0 Å². The van der Waals surface area contributed by atoms with E-state index >= 15 is 0 Å². The molecule has 0 spiro atoms. The Bertz CT molecular complexity index is 75.6. The maximum Gasteiger partial charge on any atom is 0.107 e. The van der Waals surface area contributed by atoms with Crippen molar-refractivity contribution in [1.29, 1.82) is 0 Å². The molecular weight excluding hydrogens is 76.1 g/mol. The summed E-state index contributed by atoms with van der Waals surface area (Å²) in [7, 11) is 0. The standard InChI is InChI=1S/C4H7N2/c1-4-2-5-3-6-4/h2,6H,3H2,1H3. The van der Waals surface area contributed by atoms with Gasteiger partial charge in [0.05, 0.1) is 0 Å². The Morgan fingerprint density at radius 2 is 2.83 bits per heavy atom. The van der Waals surface area contributed by atoms with Gasteiger partial charge in [-0.1, -0.05) is 0 Å². The molecule has 1 radical (unpaired) electrons. The van der Waals surface area contributed by atoms with Crippen LogP contribution in [0.15, 0.2) is 11.9 Å². The van der Waals surface area contributed by atoms with Crippen LogP contribution in [0.25, 0.3) is 0 Å². The van der Waals surface area contributed by atoms with Gasteiger partial charge in [0.1, 0.15) is 6.67 Å². The zero-order chi connectivity index (χ0) is 4.41. The lowest BCUT2D eigenvalue weighted by Crippen LogP contribution is -2.08. The molecule has 0 aliphatic carbocycles. The molecule has 0 aromatic heterocycles. The van der Waals surface area contributed by atoms with Crippen LogP contribution in [0.4, 0.5) is 0 Å². The summed E-state index contributed by atoms with van der Waals surface area (Å²) in [6.07, 6.45) is 1.83. The molecule has 0 fully saturated rings. The second kappa shape index (κ2) is 1.20. The van der Waals surface area contributed by atoms with E-state index in [1.54, 1.807) is 0 Å². The summed E-state index contributed by atoms with van der Waals surface area (Å²) < 4.78 is 0. The molecule has 0 bridgehead atoms. The smallest absolute Gasteiger partial charge is 0.107 e. The third-order valence-electron chi connectivity index (χ3n) is 0.734. The van der Waals surface area contributed by atoms with Crippen LogP contribution in [0.2, 0.25) is 0 Å². The van der Waals surface area contributed by atoms with Crippen LogP contribution in [-0.4, -0.2) is 6.67 Å². The number of allylic oxidation sites excluding steroid dienone is 1. The van der Waals surface area contributed by atoms with E-state index in [1.807, 2.05) is 13.1 Å². The molecule has 0 aromatic carbocycles. The molecule has 33 valence electrons. The van der Waals surface area contributed by atoms with E-state index in [9.17, 15) is 0 Å². The number of rotatable bonds is 0. The number of nitrogens with one attached hydrogen (secondary N) is 1. The first kappa shape index (κ1) is 3.53. The molecule has 1 aliphatic heterocycles. The Kier molecular flexibility index (Phi) is 0.708. The van der Waals surface area contributed by atoms with Crippen molar-refractivity contribution in [1.82, 2.24) is 10.6 Å². The van der Waals surface area contributed by atoms with Crippen molar-refractivity contribution in [2.45, 2.75) is 6.92 Å². The van der Waals surface area contributed by atoms with Gasteiger partial charge < -0.3 is 5.32 Å². The SMILES string of the molecule is CC1=C[N]CN1. The van der Waals surface area contributed by atoms with Crippen molar-refractivity contribution >= 4 is 0 Å². The summed E-state index contributed by atoms with van der Waals surface area (Å²) in [5.41, 5.74) is 1.16. The highest BCUT2D eigenvalue weighted by Gasteiger charge is 1.92. The predicted octanol–water partition coefficient (Wildman–Crippen LogP) is 0.0128. The van der Waals surface area contributed by atoms with Gasteiger partial charge in [-0.3, -0.25) is 5.32 Å². The van der Waals surface area contributed by atoms with Crippen LogP contribution in [0, 0.1) is 0 Å². The van der Waals surface area contributed by atoms with Gasteiger partial charge >= 0.3 is 0 Å². The Hall–Kier alpha value is -0.660. The summed E-state index contributed by atoms with van der Waals surface area (Å²) in [6.45, 7) is 2.77. The first-order valence-electron chi connectivity index (χ1n) is 1.97. The van der Waals surface area contributed by atoms with Crippen molar-refractivity contribution in [3.8, 4) is 0 Å². The van der Waals surface area contributed by atoms with Gasteiger partial charge in [-0.15, -0.1) is 0 Å². The molecule has 0 aromatic rings. The number of hydrogen-bond donors (Lipinski definition) is 1. The molecule has 0 saturated carbocycles. The van der Waals surface area contributed by atoms with E-state index in [4.69, 9.17) is 0 Å². The zero-order valence-electron chi connectivity index (χ0n) is 3.73. The molecular formula is C4H7N2. The number of nitrogens with zero attached hydrogens (tertiary/aromatic N) is 1. The van der Waals surface area contributed by atoms with Gasteiger partial charge in [0.15, 0.2) is 0 Å². The topological polar surface area (TPSA) is 26.1 Å².